The average molecular weight is 364 g/mol. The summed E-state index contributed by atoms with van der Waals surface area (Å²) in [4.78, 5) is 27.0. The van der Waals surface area contributed by atoms with E-state index in [2.05, 4.69) is 15.5 Å². The van der Waals surface area contributed by atoms with Crippen molar-refractivity contribution in [1.82, 2.24) is 20.4 Å². The molecule has 0 spiro atoms. The number of nitrogens with zero attached hydrogens (tertiary/aromatic N) is 2. The third kappa shape index (κ3) is 3.31. The lowest BCUT2D eigenvalue weighted by atomic mass is 10.0. The molecule has 1 aliphatic rings. The SMILES string of the molecule is O=C1NCCN(C(=O)c2ccc(-c3ccn[nH]3)cc2)[C@H]1c1cccc(F)c1. The second-order valence-electron chi connectivity index (χ2n) is 6.29. The molecule has 136 valence electrons. The molecule has 0 unspecified atom stereocenters. The minimum absolute atomic E-state index is 0.268. The van der Waals surface area contributed by atoms with Crippen molar-refractivity contribution in [3.05, 3.63) is 77.7 Å². The summed E-state index contributed by atoms with van der Waals surface area (Å²) in [5.74, 6) is -1.02. The Hall–Kier alpha value is -3.48. The lowest BCUT2D eigenvalue weighted by Crippen LogP contribution is -2.52. The minimum Gasteiger partial charge on any atom is -0.352 e. The van der Waals surface area contributed by atoms with Crippen molar-refractivity contribution in [2.75, 3.05) is 13.1 Å². The summed E-state index contributed by atoms with van der Waals surface area (Å²) >= 11 is 0. The van der Waals surface area contributed by atoms with E-state index in [9.17, 15) is 14.0 Å². The molecule has 1 saturated heterocycles. The predicted octanol–water partition coefficient (Wildman–Crippen LogP) is 2.53. The fraction of sp³-hybridized carbons (Fsp3) is 0.150. The number of carbonyl (C=O) groups is 2. The molecular formula is C20H17FN4O2. The number of hydrogen-bond acceptors (Lipinski definition) is 3. The summed E-state index contributed by atoms with van der Waals surface area (Å²) < 4.78 is 13.6. The number of aromatic nitrogens is 2. The first-order valence-corrected chi connectivity index (χ1v) is 8.57. The third-order valence-electron chi connectivity index (χ3n) is 4.58. The van der Waals surface area contributed by atoms with Crippen LogP contribution in [0.25, 0.3) is 11.3 Å². The summed E-state index contributed by atoms with van der Waals surface area (Å²) in [6, 6.07) is 13.8. The monoisotopic (exact) mass is 364 g/mol. The molecule has 27 heavy (non-hydrogen) atoms. The molecular weight excluding hydrogens is 347 g/mol. The van der Waals surface area contributed by atoms with E-state index in [0.29, 0.717) is 24.2 Å². The van der Waals surface area contributed by atoms with Gasteiger partial charge in [0, 0.05) is 24.8 Å². The fourth-order valence-corrected chi connectivity index (χ4v) is 3.27. The standard InChI is InChI=1S/C20H17FN4O2/c21-16-3-1-2-15(12-16)18-19(26)22-10-11-25(18)20(27)14-6-4-13(5-7-14)17-8-9-23-24-17/h1-9,12,18H,10-11H2,(H,22,26)(H,23,24)/t18-/m0/s1. The van der Waals surface area contributed by atoms with Gasteiger partial charge in [0.2, 0.25) is 5.91 Å². The highest BCUT2D eigenvalue weighted by Gasteiger charge is 2.34. The van der Waals surface area contributed by atoms with Crippen LogP contribution in [0, 0.1) is 5.82 Å². The van der Waals surface area contributed by atoms with E-state index in [1.165, 1.54) is 23.1 Å². The molecule has 0 radical (unpaired) electrons. The summed E-state index contributed by atoms with van der Waals surface area (Å²) in [5.41, 5.74) is 2.68. The first-order chi connectivity index (χ1) is 13.1. The smallest absolute Gasteiger partial charge is 0.254 e. The van der Waals surface area contributed by atoms with E-state index in [0.717, 1.165) is 11.3 Å². The van der Waals surface area contributed by atoms with E-state index in [1.807, 2.05) is 18.2 Å². The third-order valence-corrected chi connectivity index (χ3v) is 4.58. The Morgan fingerprint density at radius 3 is 2.67 bits per heavy atom. The lowest BCUT2D eigenvalue weighted by molar-refractivity contribution is -0.128. The van der Waals surface area contributed by atoms with Crippen LogP contribution in [0.2, 0.25) is 0 Å². The number of piperazine rings is 1. The molecule has 0 aliphatic carbocycles. The first-order valence-electron chi connectivity index (χ1n) is 8.57. The Morgan fingerprint density at radius 1 is 1.15 bits per heavy atom. The van der Waals surface area contributed by atoms with Crippen molar-refractivity contribution in [3.8, 4) is 11.3 Å². The zero-order chi connectivity index (χ0) is 18.8. The normalized spacial score (nSPS) is 16.9. The largest absolute Gasteiger partial charge is 0.352 e. The van der Waals surface area contributed by atoms with Crippen molar-refractivity contribution in [2.45, 2.75) is 6.04 Å². The maximum atomic E-state index is 13.6. The van der Waals surface area contributed by atoms with Crippen molar-refractivity contribution in [1.29, 1.82) is 0 Å². The molecule has 1 aliphatic heterocycles. The summed E-state index contributed by atoms with van der Waals surface area (Å²) in [6.07, 6.45) is 1.66. The Morgan fingerprint density at radius 2 is 1.96 bits per heavy atom. The van der Waals surface area contributed by atoms with Gasteiger partial charge in [0.15, 0.2) is 0 Å². The zero-order valence-corrected chi connectivity index (χ0v) is 14.4. The number of rotatable bonds is 3. The molecule has 1 fully saturated rings. The van der Waals surface area contributed by atoms with Gasteiger partial charge in [-0.3, -0.25) is 14.7 Å². The van der Waals surface area contributed by atoms with Gasteiger partial charge in [0.25, 0.3) is 5.91 Å². The number of carbonyl (C=O) groups excluding carboxylic acids is 2. The Bertz CT molecular complexity index is 970. The fourth-order valence-electron chi connectivity index (χ4n) is 3.27. The van der Waals surface area contributed by atoms with E-state index >= 15 is 0 Å². The van der Waals surface area contributed by atoms with E-state index < -0.39 is 11.9 Å². The van der Waals surface area contributed by atoms with Crippen molar-refractivity contribution < 1.29 is 14.0 Å². The minimum atomic E-state index is -0.853. The summed E-state index contributed by atoms with van der Waals surface area (Å²) in [6.45, 7) is 0.719. The molecule has 1 aromatic heterocycles. The predicted molar refractivity (Wildman–Crippen MR) is 97.2 cm³/mol. The Kier molecular flexibility index (Phi) is 4.42. The van der Waals surface area contributed by atoms with Crippen LogP contribution >= 0.6 is 0 Å². The molecule has 0 bridgehead atoms. The quantitative estimate of drug-likeness (QED) is 0.750. The zero-order valence-electron chi connectivity index (χ0n) is 14.4. The number of hydrogen-bond donors (Lipinski definition) is 2. The van der Waals surface area contributed by atoms with Gasteiger partial charge in [0.05, 0.1) is 5.69 Å². The Labute approximate surface area is 155 Å². The molecule has 2 amide bonds. The van der Waals surface area contributed by atoms with Crippen LogP contribution in [0.15, 0.2) is 60.8 Å². The van der Waals surface area contributed by atoms with Gasteiger partial charge in [-0.05, 0) is 41.5 Å². The number of aromatic amines is 1. The first kappa shape index (κ1) is 17.0. The second-order valence-corrected chi connectivity index (χ2v) is 6.29. The van der Waals surface area contributed by atoms with E-state index in [-0.39, 0.29) is 11.8 Å². The number of nitrogens with one attached hydrogen (secondary N) is 2. The van der Waals surface area contributed by atoms with Gasteiger partial charge in [-0.1, -0.05) is 24.3 Å². The number of amides is 2. The highest BCUT2D eigenvalue weighted by Crippen LogP contribution is 2.26. The van der Waals surface area contributed by atoms with Gasteiger partial charge in [-0.2, -0.15) is 5.10 Å². The van der Waals surface area contributed by atoms with E-state index in [4.69, 9.17) is 0 Å². The molecule has 7 heteroatoms. The van der Waals surface area contributed by atoms with Gasteiger partial charge in [-0.15, -0.1) is 0 Å². The van der Waals surface area contributed by atoms with Crippen LogP contribution < -0.4 is 5.32 Å². The Balaban J connectivity index is 1.63. The van der Waals surface area contributed by atoms with Gasteiger partial charge in [0.1, 0.15) is 11.9 Å². The molecule has 2 heterocycles. The summed E-state index contributed by atoms with van der Waals surface area (Å²) in [5, 5.41) is 9.53. The van der Waals surface area contributed by atoms with Crippen LogP contribution in [0.1, 0.15) is 22.0 Å². The van der Waals surface area contributed by atoms with Gasteiger partial charge >= 0.3 is 0 Å². The number of halogens is 1. The van der Waals surface area contributed by atoms with Crippen molar-refractivity contribution in [3.63, 3.8) is 0 Å². The lowest BCUT2D eigenvalue weighted by Gasteiger charge is -2.35. The molecule has 3 aromatic rings. The topological polar surface area (TPSA) is 78.1 Å². The number of benzene rings is 2. The summed E-state index contributed by atoms with van der Waals surface area (Å²) in [7, 11) is 0. The molecule has 2 aromatic carbocycles. The van der Waals surface area contributed by atoms with Crippen LogP contribution in [-0.2, 0) is 4.79 Å². The maximum Gasteiger partial charge on any atom is 0.254 e. The van der Waals surface area contributed by atoms with Crippen molar-refractivity contribution in [2.24, 2.45) is 0 Å². The average Bonchev–Trinajstić information content (AvgIpc) is 3.22. The van der Waals surface area contributed by atoms with Gasteiger partial charge < -0.3 is 10.2 Å². The molecule has 0 saturated carbocycles. The highest BCUT2D eigenvalue weighted by molar-refractivity contribution is 5.98. The van der Waals surface area contributed by atoms with Crippen LogP contribution in [0.5, 0.6) is 0 Å². The second kappa shape index (κ2) is 7.03. The van der Waals surface area contributed by atoms with Crippen molar-refractivity contribution >= 4 is 11.8 Å². The molecule has 2 N–H and O–H groups in total. The number of H-pyrrole nitrogens is 1. The van der Waals surface area contributed by atoms with Crippen LogP contribution in [0.3, 0.4) is 0 Å². The van der Waals surface area contributed by atoms with Crippen LogP contribution in [-0.4, -0.2) is 40.0 Å². The molecule has 4 rings (SSSR count). The highest BCUT2D eigenvalue weighted by atomic mass is 19.1. The maximum absolute atomic E-state index is 13.6. The van der Waals surface area contributed by atoms with Gasteiger partial charge in [-0.25, -0.2) is 4.39 Å². The molecule has 6 nitrogen and oxygen atoms in total. The van der Waals surface area contributed by atoms with E-state index in [1.54, 1.807) is 24.4 Å². The van der Waals surface area contributed by atoms with Crippen LogP contribution in [0.4, 0.5) is 4.39 Å². The molecule has 1 atom stereocenters.